The molecule has 182 valence electrons. The molecule has 0 saturated carbocycles. The van der Waals surface area contributed by atoms with Crippen molar-refractivity contribution in [2.24, 2.45) is 0 Å². The maximum absolute atomic E-state index is 12.5. The maximum atomic E-state index is 12.5. The molecule has 35 heavy (non-hydrogen) atoms. The number of aromatic hydroxyl groups is 1. The highest BCUT2D eigenvalue weighted by atomic mass is 16.7. The largest absolute Gasteiger partial charge is 0.514 e. The van der Waals surface area contributed by atoms with Gasteiger partial charge in [0.25, 0.3) is 11.6 Å². The van der Waals surface area contributed by atoms with Crippen molar-refractivity contribution in [2.45, 2.75) is 20.5 Å². The molecule has 13 nitrogen and oxygen atoms in total. The van der Waals surface area contributed by atoms with Gasteiger partial charge in [0.2, 0.25) is 5.75 Å². The normalized spacial score (nSPS) is 10.7. The molecule has 0 aliphatic heterocycles. The van der Waals surface area contributed by atoms with Gasteiger partial charge in [-0.2, -0.15) is 5.26 Å². The Morgan fingerprint density at radius 3 is 2.26 bits per heavy atom. The Morgan fingerprint density at radius 2 is 1.74 bits per heavy atom. The van der Waals surface area contributed by atoms with Gasteiger partial charge in [0, 0.05) is 31.3 Å². The highest BCUT2D eigenvalue weighted by Crippen LogP contribution is 2.38. The summed E-state index contributed by atoms with van der Waals surface area (Å²) in [6.07, 6.45) is -0.254. The molecule has 0 aliphatic rings. The molecule has 0 bridgehead atoms. The highest BCUT2D eigenvalue weighted by Gasteiger charge is 2.23. The van der Waals surface area contributed by atoms with Gasteiger partial charge in [-0.25, -0.2) is 4.79 Å². The van der Waals surface area contributed by atoms with Crippen LogP contribution in [0.5, 0.6) is 11.5 Å². The van der Waals surface area contributed by atoms with Crippen molar-refractivity contribution < 1.29 is 34.0 Å². The van der Waals surface area contributed by atoms with Crippen LogP contribution in [-0.2, 0) is 16.1 Å². The monoisotopic (exact) mass is 484 g/mol. The minimum absolute atomic E-state index is 0.0512. The third-order valence-corrected chi connectivity index (χ3v) is 4.68. The number of ether oxygens (including phenoxy) is 2. The van der Waals surface area contributed by atoms with Crippen LogP contribution >= 0.6 is 0 Å². The number of hydrogen-bond donors (Lipinski definition) is 1. The highest BCUT2D eigenvalue weighted by molar-refractivity contribution is 6.01. The maximum Gasteiger partial charge on any atom is 0.514 e. The third-order valence-electron chi connectivity index (χ3n) is 4.68. The molecule has 0 aliphatic carbocycles. The number of carbonyl (C=O) groups is 2. The number of nitro benzene ring substituents is 2. The summed E-state index contributed by atoms with van der Waals surface area (Å²) >= 11 is 0. The molecule has 0 atom stereocenters. The van der Waals surface area contributed by atoms with E-state index in [2.05, 4.69) is 0 Å². The first kappa shape index (κ1) is 26.3. The number of nitrogens with zero attached hydrogens (tertiary/aromatic N) is 4. The first-order valence-electron chi connectivity index (χ1n) is 10.1. The Morgan fingerprint density at radius 1 is 1.11 bits per heavy atom. The molecule has 0 unspecified atom stereocenters. The number of likely N-dealkylation sites (N-methyl/N-ethyl adjacent to an activating group) is 1. The van der Waals surface area contributed by atoms with Crippen molar-refractivity contribution in [3.05, 3.63) is 73.3 Å². The first-order chi connectivity index (χ1) is 16.6. The lowest BCUT2D eigenvalue weighted by Crippen LogP contribution is -2.31. The summed E-state index contributed by atoms with van der Waals surface area (Å²) < 4.78 is 9.78. The van der Waals surface area contributed by atoms with Crippen LogP contribution in [0.15, 0.2) is 42.0 Å². The second-order valence-electron chi connectivity index (χ2n) is 6.86. The standard InChI is InChI=1S/C22H20N4O9/c1-3-24(4-2)21(28)16(12-23)9-15-10-18(26(32)33)20(27)19(11-15)35-22(29)34-13-14-5-7-17(8-6-14)25(30)31/h5-11,27H,3-4,13H2,1-2H3. The van der Waals surface area contributed by atoms with Crippen LogP contribution in [-0.4, -0.2) is 45.0 Å². The molecule has 0 radical (unpaired) electrons. The van der Waals surface area contributed by atoms with E-state index >= 15 is 0 Å². The molecule has 0 fully saturated rings. The topological polar surface area (TPSA) is 186 Å². The average molecular weight is 484 g/mol. The molecule has 13 heteroatoms. The van der Waals surface area contributed by atoms with Crippen LogP contribution in [0.1, 0.15) is 25.0 Å². The molecule has 1 amide bonds. The lowest BCUT2D eigenvalue weighted by molar-refractivity contribution is -0.386. The number of nitriles is 1. The molecule has 0 aromatic heterocycles. The predicted molar refractivity (Wildman–Crippen MR) is 120 cm³/mol. The Bertz CT molecular complexity index is 1210. The van der Waals surface area contributed by atoms with E-state index in [0.717, 1.165) is 18.2 Å². The number of rotatable bonds is 9. The van der Waals surface area contributed by atoms with E-state index in [1.54, 1.807) is 19.9 Å². The molecular formula is C22H20N4O9. The van der Waals surface area contributed by atoms with Crippen LogP contribution in [0.3, 0.4) is 0 Å². The molecule has 2 aromatic rings. The first-order valence-corrected chi connectivity index (χ1v) is 10.1. The Balaban J connectivity index is 2.29. The van der Waals surface area contributed by atoms with Gasteiger partial charge < -0.3 is 19.5 Å². The minimum atomic E-state index is -1.33. The van der Waals surface area contributed by atoms with Gasteiger partial charge in [-0.05, 0) is 49.2 Å². The van der Waals surface area contributed by atoms with E-state index in [0.29, 0.717) is 18.7 Å². The van der Waals surface area contributed by atoms with Crippen LogP contribution in [0.2, 0.25) is 0 Å². The van der Waals surface area contributed by atoms with Gasteiger partial charge >= 0.3 is 11.8 Å². The summed E-state index contributed by atoms with van der Waals surface area (Å²) in [6.45, 7) is 3.76. The van der Waals surface area contributed by atoms with Gasteiger partial charge in [-0.1, -0.05) is 0 Å². The summed E-state index contributed by atoms with van der Waals surface area (Å²) in [4.78, 5) is 46.5. The van der Waals surface area contributed by atoms with Crippen LogP contribution < -0.4 is 4.74 Å². The summed E-state index contributed by atoms with van der Waals surface area (Å²) in [6, 6.07) is 8.81. The molecule has 2 rings (SSSR count). The second kappa shape index (κ2) is 11.8. The third kappa shape index (κ3) is 6.75. The summed E-state index contributed by atoms with van der Waals surface area (Å²) in [5, 5.41) is 41.6. The van der Waals surface area contributed by atoms with Crippen LogP contribution in [0.25, 0.3) is 6.08 Å². The molecule has 0 spiro atoms. The SMILES string of the molecule is CCN(CC)C(=O)C(C#N)=Cc1cc(OC(=O)OCc2ccc([N+](=O)[O-])cc2)c(O)c([N+](=O)[O-])c1. The van der Waals surface area contributed by atoms with Gasteiger partial charge in [-0.3, -0.25) is 25.0 Å². The number of phenols is 1. The number of amides is 1. The number of phenolic OH excluding ortho intramolecular Hbond substituents is 1. The quantitative estimate of drug-likeness (QED) is 0.137. The van der Waals surface area contributed by atoms with Crippen LogP contribution in [0, 0.1) is 31.6 Å². The second-order valence-corrected chi connectivity index (χ2v) is 6.86. The molecule has 2 aromatic carbocycles. The molecule has 0 saturated heterocycles. The summed E-state index contributed by atoms with van der Waals surface area (Å²) in [5.74, 6) is -2.20. The van der Waals surface area contributed by atoms with Crippen molar-refractivity contribution in [1.82, 2.24) is 4.90 Å². The zero-order valence-corrected chi connectivity index (χ0v) is 18.7. The van der Waals surface area contributed by atoms with Gasteiger partial charge in [0.05, 0.1) is 9.85 Å². The number of nitro groups is 2. The molecule has 1 N–H and O–H groups in total. The minimum Gasteiger partial charge on any atom is -0.499 e. The Labute approximate surface area is 198 Å². The number of carbonyl (C=O) groups excluding carboxylic acids is 2. The van der Waals surface area contributed by atoms with Gasteiger partial charge in [0.15, 0.2) is 5.75 Å². The van der Waals surface area contributed by atoms with Crippen molar-refractivity contribution in [2.75, 3.05) is 13.1 Å². The lowest BCUT2D eigenvalue weighted by atomic mass is 10.1. The van der Waals surface area contributed by atoms with E-state index < -0.39 is 39.1 Å². The van der Waals surface area contributed by atoms with E-state index in [-0.39, 0.29) is 23.4 Å². The summed E-state index contributed by atoms with van der Waals surface area (Å²) in [5.41, 5.74) is -0.961. The van der Waals surface area contributed by atoms with E-state index in [4.69, 9.17) is 9.47 Å². The van der Waals surface area contributed by atoms with Gasteiger partial charge in [0.1, 0.15) is 18.2 Å². The molecule has 0 heterocycles. The number of non-ortho nitro benzene ring substituents is 1. The number of hydrogen-bond acceptors (Lipinski definition) is 10. The average Bonchev–Trinajstić information content (AvgIpc) is 2.83. The van der Waals surface area contributed by atoms with E-state index in [9.17, 15) is 40.2 Å². The van der Waals surface area contributed by atoms with E-state index in [1.165, 1.54) is 29.2 Å². The Hall–Kier alpha value is -4.99. The fraction of sp³-hybridized carbons (Fsp3) is 0.227. The zero-order chi connectivity index (χ0) is 26.1. The fourth-order valence-corrected chi connectivity index (χ4v) is 2.88. The zero-order valence-electron chi connectivity index (χ0n) is 18.7. The smallest absolute Gasteiger partial charge is 0.499 e. The van der Waals surface area contributed by atoms with Gasteiger partial charge in [-0.15, -0.1) is 0 Å². The summed E-state index contributed by atoms with van der Waals surface area (Å²) in [7, 11) is 0. The van der Waals surface area contributed by atoms with Crippen LogP contribution in [0.4, 0.5) is 16.2 Å². The van der Waals surface area contributed by atoms with Crippen molar-refractivity contribution in [3.8, 4) is 17.6 Å². The number of benzene rings is 2. The van der Waals surface area contributed by atoms with Crippen molar-refractivity contribution in [1.29, 1.82) is 5.26 Å². The fourth-order valence-electron chi connectivity index (χ4n) is 2.88. The predicted octanol–water partition coefficient (Wildman–Crippen LogP) is 3.70. The lowest BCUT2D eigenvalue weighted by Gasteiger charge is -2.17. The Kier molecular flexibility index (Phi) is 8.82. The van der Waals surface area contributed by atoms with E-state index in [1.807, 2.05) is 0 Å². The molecular weight excluding hydrogens is 464 g/mol. The van der Waals surface area contributed by atoms with Crippen molar-refractivity contribution >= 4 is 29.5 Å². The van der Waals surface area contributed by atoms with Crippen molar-refractivity contribution in [3.63, 3.8) is 0 Å².